The third-order valence-electron chi connectivity index (χ3n) is 1.97. The highest BCUT2D eigenvalue weighted by Crippen LogP contribution is 2.10. The van der Waals surface area contributed by atoms with Gasteiger partial charge in [0, 0.05) is 18.1 Å². The molecular weight excluding hydrogens is 184 g/mol. The molecule has 1 N–H and O–H groups in total. The number of hydrogen-bond acceptors (Lipinski definition) is 2. The van der Waals surface area contributed by atoms with Gasteiger partial charge in [0.1, 0.15) is 5.82 Å². The highest BCUT2D eigenvalue weighted by Gasteiger charge is 2.11. The van der Waals surface area contributed by atoms with Crippen molar-refractivity contribution in [2.75, 3.05) is 11.2 Å². The zero-order valence-electron chi connectivity index (χ0n) is 8.00. The van der Waals surface area contributed by atoms with Gasteiger partial charge in [0.2, 0.25) is 0 Å². The average Bonchev–Trinajstić information content (AvgIpc) is 2.15. The van der Waals surface area contributed by atoms with Gasteiger partial charge in [0.05, 0.1) is 0 Å². The Hall–Kier alpha value is -0.760. The molecule has 0 bridgehead atoms. The molecule has 13 heavy (non-hydrogen) atoms. The summed E-state index contributed by atoms with van der Waals surface area (Å²) >= 11 is 5.82. The lowest BCUT2D eigenvalue weighted by Gasteiger charge is -2.19. The first-order valence-electron chi connectivity index (χ1n) is 4.47. The normalized spacial score (nSPS) is 12.9. The number of nitrogens with one attached hydrogen (secondary N) is 1. The van der Waals surface area contributed by atoms with Gasteiger partial charge in [0.15, 0.2) is 0 Å². The molecule has 1 unspecified atom stereocenters. The summed E-state index contributed by atoms with van der Waals surface area (Å²) in [5, 5.41) is 3.29. The molecule has 72 valence electrons. The Morgan fingerprint density at radius 3 is 2.69 bits per heavy atom. The number of hydrogen-bond donors (Lipinski definition) is 1. The Kier molecular flexibility index (Phi) is 4.03. The van der Waals surface area contributed by atoms with Crippen molar-refractivity contribution in [2.24, 2.45) is 5.92 Å². The van der Waals surface area contributed by atoms with Crippen LogP contribution in [0.1, 0.15) is 13.8 Å². The van der Waals surface area contributed by atoms with E-state index in [-0.39, 0.29) is 6.04 Å². The summed E-state index contributed by atoms with van der Waals surface area (Å²) in [4.78, 5) is 4.18. The van der Waals surface area contributed by atoms with Gasteiger partial charge in [-0.3, -0.25) is 0 Å². The Balaban J connectivity index is 2.57. The van der Waals surface area contributed by atoms with E-state index in [2.05, 4.69) is 24.1 Å². The van der Waals surface area contributed by atoms with Crippen LogP contribution in [0, 0.1) is 5.92 Å². The van der Waals surface area contributed by atoms with E-state index in [0.717, 1.165) is 5.82 Å². The van der Waals surface area contributed by atoms with Crippen molar-refractivity contribution in [2.45, 2.75) is 19.9 Å². The highest BCUT2D eigenvalue weighted by atomic mass is 35.5. The molecule has 1 rings (SSSR count). The number of halogens is 1. The SMILES string of the molecule is CC(C)C(CCl)Nc1ccccn1. The minimum atomic E-state index is 0.288. The maximum Gasteiger partial charge on any atom is 0.126 e. The molecule has 0 amide bonds. The average molecular weight is 199 g/mol. The van der Waals surface area contributed by atoms with E-state index in [0.29, 0.717) is 11.8 Å². The van der Waals surface area contributed by atoms with Gasteiger partial charge in [-0.05, 0) is 18.1 Å². The largest absolute Gasteiger partial charge is 0.366 e. The lowest BCUT2D eigenvalue weighted by Crippen LogP contribution is -2.27. The molecule has 1 atom stereocenters. The van der Waals surface area contributed by atoms with Gasteiger partial charge in [0.25, 0.3) is 0 Å². The first-order valence-corrected chi connectivity index (χ1v) is 5.01. The second-order valence-electron chi connectivity index (χ2n) is 3.36. The molecule has 0 radical (unpaired) electrons. The van der Waals surface area contributed by atoms with E-state index < -0.39 is 0 Å². The van der Waals surface area contributed by atoms with Crippen LogP contribution in [0.2, 0.25) is 0 Å². The van der Waals surface area contributed by atoms with Crippen LogP contribution in [0.5, 0.6) is 0 Å². The van der Waals surface area contributed by atoms with Gasteiger partial charge in [-0.1, -0.05) is 19.9 Å². The Morgan fingerprint density at radius 1 is 1.46 bits per heavy atom. The highest BCUT2D eigenvalue weighted by molar-refractivity contribution is 6.18. The van der Waals surface area contributed by atoms with Crippen LogP contribution in [0.4, 0.5) is 5.82 Å². The molecule has 0 aliphatic heterocycles. The summed E-state index contributed by atoms with van der Waals surface area (Å²) in [6, 6.07) is 6.09. The van der Waals surface area contributed by atoms with E-state index in [4.69, 9.17) is 11.6 Å². The first kappa shape index (κ1) is 10.3. The lowest BCUT2D eigenvalue weighted by atomic mass is 10.1. The van der Waals surface area contributed by atoms with Crippen molar-refractivity contribution < 1.29 is 0 Å². The minimum absolute atomic E-state index is 0.288. The van der Waals surface area contributed by atoms with Crippen LogP contribution in [0.15, 0.2) is 24.4 Å². The predicted octanol–water partition coefficient (Wildman–Crippen LogP) is 2.76. The van der Waals surface area contributed by atoms with Gasteiger partial charge < -0.3 is 5.32 Å². The summed E-state index contributed by atoms with van der Waals surface area (Å²) in [5.74, 6) is 2.01. The van der Waals surface area contributed by atoms with E-state index in [9.17, 15) is 0 Å². The molecule has 1 heterocycles. The van der Waals surface area contributed by atoms with Gasteiger partial charge in [-0.2, -0.15) is 0 Å². The summed E-state index contributed by atoms with van der Waals surface area (Å²) in [7, 11) is 0. The van der Waals surface area contributed by atoms with E-state index in [1.807, 2.05) is 18.2 Å². The van der Waals surface area contributed by atoms with Crippen LogP contribution in [-0.4, -0.2) is 16.9 Å². The second kappa shape index (κ2) is 5.07. The summed E-state index contributed by atoms with van der Waals surface area (Å²) in [5.41, 5.74) is 0. The fourth-order valence-electron chi connectivity index (χ4n) is 1.02. The van der Waals surface area contributed by atoms with Crippen LogP contribution < -0.4 is 5.32 Å². The number of anilines is 1. The van der Waals surface area contributed by atoms with E-state index in [1.54, 1.807) is 6.20 Å². The van der Waals surface area contributed by atoms with Crippen molar-refractivity contribution >= 4 is 17.4 Å². The van der Waals surface area contributed by atoms with Gasteiger partial charge in [-0.15, -0.1) is 11.6 Å². The van der Waals surface area contributed by atoms with Crippen molar-refractivity contribution in [1.82, 2.24) is 4.98 Å². The molecule has 2 nitrogen and oxygen atoms in total. The second-order valence-corrected chi connectivity index (χ2v) is 3.67. The molecule has 0 aliphatic carbocycles. The maximum absolute atomic E-state index is 5.82. The molecule has 0 aromatic carbocycles. The van der Waals surface area contributed by atoms with Crippen LogP contribution in [0.3, 0.4) is 0 Å². The van der Waals surface area contributed by atoms with Crippen molar-refractivity contribution in [1.29, 1.82) is 0 Å². The van der Waals surface area contributed by atoms with Crippen LogP contribution in [0.25, 0.3) is 0 Å². The van der Waals surface area contributed by atoms with E-state index in [1.165, 1.54) is 0 Å². The fourth-order valence-corrected chi connectivity index (χ4v) is 1.46. The monoisotopic (exact) mass is 198 g/mol. The molecule has 0 saturated heterocycles. The van der Waals surface area contributed by atoms with Crippen molar-refractivity contribution in [3.05, 3.63) is 24.4 Å². The molecule has 0 spiro atoms. The fraction of sp³-hybridized carbons (Fsp3) is 0.500. The zero-order chi connectivity index (χ0) is 9.68. The third-order valence-corrected chi connectivity index (χ3v) is 2.30. The summed E-state index contributed by atoms with van der Waals surface area (Å²) < 4.78 is 0. The Labute approximate surface area is 84.3 Å². The minimum Gasteiger partial charge on any atom is -0.366 e. The topological polar surface area (TPSA) is 24.9 Å². The number of aromatic nitrogens is 1. The van der Waals surface area contributed by atoms with Crippen LogP contribution >= 0.6 is 11.6 Å². The summed E-state index contributed by atoms with van der Waals surface area (Å²) in [6.45, 7) is 4.28. The summed E-state index contributed by atoms with van der Waals surface area (Å²) in [6.07, 6.45) is 1.77. The van der Waals surface area contributed by atoms with Crippen LogP contribution in [-0.2, 0) is 0 Å². The number of pyridine rings is 1. The quantitative estimate of drug-likeness (QED) is 0.753. The molecular formula is C10H15ClN2. The molecule has 0 aliphatic rings. The standard InChI is InChI=1S/C10H15ClN2/c1-8(2)9(7-11)13-10-5-3-4-6-12-10/h3-6,8-9H,7H2,1-2H3,(H,12,13). The molecule has 0 fully saturated rings. The number of rotatable bonds is 4. The Bertz CT molecular complexity index is 236. The third kappa shape index (κ3) is 3.23. The number of nitrogens with zero attached hydrogens (tertiary/aromatic N) is 1. The van der Waals surface area contributed by atoms with Crippen molar-refractivity contribution in [3.63, 3.8) is 0 Å². The lowest BCUT2D eigenvalue weighted by molar-refractivity contribution is 0.562. The molecule has 0 saturated carbocycles. The maximum atomic E-state index is 5.82. The van der Waals surface area contributed by atoms with Crippen molar-refractivity contribution in [3.8, 4) is 0 Å². The molecule has 1 aromatic heterocycles. The zero-order valence-corrected chi connectivity index (χ0v) is 8.75. The smallest absolute Gasteiger partial charge is 0.126 e. The molecule has 3 heteroatoms. The van der Waals surface area contributed by atoms with Gasteiger partial charge >= 0.3 is 0 Å². The predicted molar refractivity (Wildman–Crippen MR) is 57.2 cm³/mol. The molecule has 1 aromatic rings. The Morgan fingerprint density at radius 2 is 2.23 bits per heavy atom. The van der Waals surface area contributed by atoms with E-state index >= 15 is 0 Å². The first-order chi connectivity index (χ1) is 6.24. The van der Waals surface area contributed by atoms with Gasteiger partial charge in [-0.25, -0.2) is 4.98 Å². The number of alkyl halides is 1.